The summed E-state index contributed by atoms with van der Waals surface area (Å²) in [6.07, 6.45) is 1.95. The van der Waals surface area contributed by atoms with E-state index >= 15 is 0 Å². The number of fused-ring (bicyclic) bond motifs is 1. The summed E-state index contributed by atoms with van der Waals surface area (Å²) in [4.78, 5) is 3.18. The maximum absolute atomic E-state index is 4.94. The Morgan fingerprint density at radius 1 is 1.38 bits per heavy atom. The van der Waals surface area contributed by atoms with Gasteiger partial charge in [-0.3, -0.25) is 0 Å². The van der Waals surface area contributed by atoms with E-state index in [1.54, 1.807) is 7.11 Å². The summed E-state index contributed by atoms with van der Waals surface area (Å²) in [5.41, 5.74) is 2.22. The average molecular weight is 176 g/mol. The van der Waals surface area contributed by atoms with Gasteiger partial charge >= 0.3 is 0 Å². The smallest absolute Gasteiger partial charge is 0.116 e. The Bertz CT molecular complexity index is 394. The molecule has 1 aromatic heterocycles. The number of benzene rings is 1. The van der Waals surface area contributed by atoms with Crippen molar-refractivity contribution in [2.24, 2.45) is 0 Å². The number of aromatic nitrogens is 1. The SMILES string of the molecule is COCNc1c[nH]c2ccccc12. The Balaban J connectivity index is 2.35. The van der Waals surface area contributed by atoms with Crippen molar-refractivity contribution in [2.45, 2.75) is 0 Å². The monoisotopic (exact) mass is 176 g/mol. The van der Waals surface area contributed by atoms with Crippen LogP contribution in [0.25, 0.3) is 10.9 Å². The third-order valence-corrected chi connectivity index (χ3v) is 2.00. The van der Waals surface area contributed by atoms with Crippen LogP contribution in [-0.2, 0) is 4.74 Å². The van der Waals surface area contributed by atoms with E-state index in [1.165, 1.54) is 5.39 Å². The first-order chi connectivity index (χ1) is 6.42. The second-order valence-electron chi connectivity index (χ2n) is 2.86. The maximum atomic E-state index is 4.94. The summed E-state index contributed by atoms with van der Waals surface area (Å²) < 4.78 is 4.94. The van der Waals surface area contributed by atoms with Crippen LogP contribution in [0.2, 0.25) is 0 Å². The maximum Gasteiger partial charge on any atom is 0.116 e. The summed E-state index contributed by atoms with van der Waals surface area (Å²) in [6.45, 7) is 0.530. The Hall–Kier alpha value is -1.48. The third-order valence-electron chi connectivity index (χ3n) is 2.00. The van der Waals surface area contributed by atoms with Gasteiger partial charge in [0, 0.05) is 24.2 Å². The van der Waals surface area contributed by atoms with Gasteiger partial charge in [0.15, 0.2) is 0 Å². The predicted octanol–water partition coefficient (Wildman–Crippen LogP) is 2.18. The first kappa shape index (κ1) is 8.13. The molecule has 2 aromatic rings. The first-order valence-corrected chi connectivity index (χ1v) is 4.21. The summed E-state index contributed by atoms with van der Waals surface area (Å²) in [7, 11) is 1.67. The number of methoxy groups -OCH3 is 1. The molecule has 0 aliphatic rings. The van der Waals surface area contributed by atoms with Crippen LogP contribution in [0.3, 0.4) is 0 Å². The van der Waals surface area contributed by atoms with Gasteiger partial charge in [-0.2, -0.15) is 0 Å². The number of rotatable bonds is 3. The van der Waals surface area contributed by atoms with Crippen molar-refractivity contribution in [3.05, 3.63) is 30.5 Å². The molecule has 0 aliphatic carbocycles. The molecule has 3 nitrogen and oxygen atoms in total. The van der Waals surface area contributed by atoms with E-state index in [0.29, 0.717) is 6.73 Å². The number of aromatic amines is 1. The fourth-order valence-corrected chi connectivity index (χ4v) is 1.37. The standard InChI is InChI=1S/C10H12N2O/c1-13-7-12-10-6-11-9-5-3-2-4-8(9)10/h2-6,11-12H,7H2,1H3. The van der Waals surface area contributed by atoms with Crippen molar-refractivity contribution in [3.8, 4) is 0 Å². The lowest BCUT2D eigenvalue weighted by Gasteiger charge is -2.01. The Morgan fingerprint density at radius 2 is 2.23 bits per heavy atom. The lowest BCUT2D eigenvalue weighted by molar-refractivity contribution is 0.221. The Labute approximate surface area is 76.7 Å². The molecule has 0 saturated carbocycles. The summed E-state index contributed by atoms with van der Waals surface area (Å²) in [5, 5.41) is 4.36. The molecule has 2 rings (SSSR count). The number of hydrogen-bond acceptors (Lipinski definition) is 2. The number of H-pyrrole nitrogens is 1. The second-order valence-corrected chi connectivity index (χ2v) is 2.86. The van der Waals surface area contributed by atoms with Gasteiger partial charge < -0.3 is 15.0 Å². The number of hydrogen-bond donors (Lipinski definition) is 2. The summed E-state index contributed by atoms with van der Waals surface area (Å²) in [6, 6.07) is 8.16. The average Bonchev–Trinajstić information content (AvgIpc) is 2.58. The van der Waals surface area contributed by atoms with Crippen LogP contribution in [0.5, 0.6) is 0 Å². The molecule has 0 amide bonds. The number of ether oxygens (including phenoxy) is 1. The van der Waals surface area contributed by atoms with Crippen molar-refractivity contribution >= 4 is 16.6 Å². The van der Waals surface area contributed by atoms with Gasteiger partial charge in [0.05, 0.1) is 5.69 Å². The zero-order valence-corrected chi connectivity index (χ0v) is 7.50. The highest BCUT2D eigenvalue weighted by Crippen LogP contribution is 2.21. The van der Waals surface area contributed by atoms with Gasteiger partial charge in [-0.05, 0) is 6.07 Å². The quantitative estimate of drug-likeness (QED) is 0.703. The molecule has 3 heteroatoms. The van der Waals surface area contributed by atoms with E-state index in [9.17, 15) is 0 Å². The van der Waals surface area contributed by atoms with Crippen LogP contribution in [-0.4, -0.2) is 18.8 Å². The molecule has 0 spiro atoms. The van der Waals surface area contributed by atoms with Gasteiger partial charge in [0.2, 0.25) is 0 Å². The van der Waals surface area contributed by atoms with Crippen LogP contribution in [0, 0.1) is 0 Å². The largest absolute Gasteiger partial charge is 0.365 e. The fraction of sp³-hybridized carbons (Fsp3) is 0.200. The normalized spacial score (nSPS) is 10.5. The minimum Gasteiger partial charge on any atom is -0.365 e. The van der Waals surface area contributed by atoms with Gasteiger partial charge in [-0.25, -0.2) is 0 Å². The van der Waals surface area contributed by atoms with Crippen LogP contribution in [0.4, 0.5) is 5.69 Å². The first-order valence-electron chi connectivity index (χ1n) is 4.21. The lowest BCUT2D eigenvalue weighted by Crippen LogP contribution is -2.01. The highest BCUT2D eigenvalue weighted by atomic mass is 16.5. The van der Waals surface area contributed by atoms with Gasteiger partial charge in [-0.15, -0.1) is 0 Å². The van der Waals surface area contributed by atoms with Crippen LogP contribution >= 0.6 is 0 Å². The Morgan fingerprint density at radius 3 is 3.08 bits per heavy atom. The summed E-state index contributed by atoms with van der Waals surface area (Å²) in [5.74, 6) is 0. The van der Waals surface area contributed by atoms with Crippen molar-refractivity contribution < 1.29 is 4.74 Å². The molecule has 0 aliphatic heterocycles. The zero-order chi connectivity index (χ0) is 9.10. The van der Waals surface area contributed by atoms with Crippen molar-refractivity contribution in [3.63, 3.8) is 0 Å². The molecule has 2 N–H and O–H groups in total. The van der Waals surface area contributed by atoms with Crippen LogP contribution in [0.1, 0.15) is 0 Å². The molecule has 0 fully saturated rings. The van der Waals surface area contributed by atoms with E-state index in [4.69, 9.17) is 4.74 Å². The van der Waals surface area contributed by atoms with E-state index in [0.717, 1.165) is 11.2 Å². The van der Waals surface area contributed by atoms with Crippen LogP contribution < -0.4 is 5.32 Å². The van der Waals surface area contributed by atoms with Gasteiger partial charge in [0.25, 0.3) is 0 Å². The van der Waals surface area contributed by atoms with Gasteiger partial charge in [-0.1, -0.05) is 18.2 Å². The second kappa shape index (κ2) is 3.49. The lowest BCUT2D eigenvalue weighted by atomic mass is 10.2. The topological polar surface area (TPSA) is 37.0 Å². The molecular formula is C10H12N2O. The molecule has 0 unspecified atom stereocenters. The van der Waals surface area contributed by atoms with Crippen molar-refractivity contribution in [2.75, 3.05) is 19.2 Å². The molecule has 0 radical (unpaired) electrons. The minimum atomic E-state index is 0.530. The highest BCUT2D eigenvalue weighted by Gasteiger charge is 1.99. The number of para-hydroxylation sites is 1. The van der Waals surface area contributed by atoms with E-state index in [2.05, 4.69) is 16.4 Å². The molecule has 0 bridgehead atoms. The number of anilines is 1. The van der Waals surface area contributed by atoms with Gasteiger partial charge in [0.1, 0.15) is 6.73 Å². The molecule has 68 valence electrons. The fourth-order valence-electron chi connectivity index (χ4n) is 1.37. The zero-order valence-electron chi connectivity index (χ0n) is 7.50. The van der Waals surface area contributed by atoms with Crippen molar-refractivity contribution in [1.82, 2.24) is 4.98 Å². The van der Waals surface area contributed by atoms with E-state index in [1.807, 2.05) is 24.4 Å². The molecule has 0 atom stereocenters. The van der Waals surface area contributed by atoms with Crippen molar-refractivity contribution in [1.29, 1.82) is 0 Å². The molecule has 13 heavy (non-hydrogen) atoms. The molecular weight excluding hydrogens is 164 g/mol. The highest BCUT2D eigenvalue weighted by molar-refractivity contribution is 5.92. The molecule has 1 aromatic carbocycles. The van der Waals surface area contributed by atoms with E-state index < -0.39 is 0 Å². The summed E-state index contributed by atoms with van der Waals surface area (Å²) >= 11 is 0. The third kappa shape index (κ3) is 1.51. The predicted molar refractivity (Wildman–Crippen MR) is 53.8 cm³/mol. The molecule has 0 saturated heterocycles. The minimum absolute atomic E-state index is 0.530. The number of nitrogens with one attached hydrogen (secondary N) is 2. The Kier molecular flexibility index (Phi) is 2.19. The molecule has 1 heterocycles. The van der Waals surface area contributed by atoms with Crippen LogP contribution in [0.15, 0.2) is 30.5 Å². The van der Waals surface area contributed by atoms with E-state index in [-0.39, 0.29) is 0 Å².